The topological polar surface area (TPSA) is 115 Å². The maximum absolute atomic E-state index is 15.0. The molecule has 0 spiro atoms. The van der Waals surface area contributed by atoms with Crippen molar-refractivity contribution in [2.45, 2.75) is 35.7 Å². The number of benzene rings is 4. The Balaban J connectivity index is 1.38. The molecule has 43 heavy (non-hydrogen) atoms. The van der Waals surface area contributed by atoms with Gasteiger partial charge >= 0.3 is 0 Å². The van der Waals surface area contributed by atoms with E-state index in [1.807, 2.05) is 0 Å². The molecule has 0 saturated carbocycles. The molecule has 1 amide bonds. The van der Waals surface area contributed by atoms with Gasteiger partial charge < -0.3 is 5.32 Å². The summed E-state index contributed by atoms with van der Waals surface area (Å²) < 4.78 is 70.6. The average Bonchev–Trinajstić information content (AvgIpc) is 3.78. The van der Waals surface area contributed by atoms with Gasteiger partial charge in [0.15, 0.2) is 0 Å². The first-order chi connectivity index (χ1) is 20.7. The molecule has 4 aromatic carbocycles. The van der Waals surface area contributed by atoms with Crippen molar-refractivity contribution in [2.75, 3.05) is 11.9 Å². The number of azide groups is 1. The lowest BCUT2D eigenvalue weighted by Crippen LogP contribution is -2.33. The number of nitrogens with zero attached hydrogens (tertiary/aromatic N) is 4. The zero-order chi connectivity index (χ0) is 30.6. The van der Waals surface area contributed by atoms with E-state index in [0.29, 0.717) is 6.42 Å². The molecule has 8 nitrogen and oxygen atoms in total. The lowest BCUT2D eigenvalue weighted by Gasteiger charge is -2.25. The molecule has 0 aliphatic carbocycles. The summed E-state index contributed by atoms with van der Waals surface area (Å²) in [6.45, 7) is 0.287. The van der Waals surface area contributed by atoms with E-state index < -0.39 is 45.3 Å². The zero-order valence-electron chi connectivity index (χ0n) is 22.6. The number of anilines is 1. The normalized spacial score (nSPS) is 16.7. The van der Waals surface area contributed by atoms with Gasteiger partial charge in [-0.25, -0.2) is 21.6 Å². The molecular weight excluding hydrogens is 579 g/mol. The molecule has 1 saturated heterocycles. The summed E-state index contributed by atoms with van der Waals surface area (Å²) in [5.41, 5.74) is 10.1. The van der Waals surface area contributed by atoms with Crippen molar-refractivity contribution in [3.63, 3.8) is 0 Å². The molecule has 12 heteroatoms. The molecular formula is C31H26F3N5O3S. The molecule has 3 atom stereocenters. The fourth-order valence-corrected chi connectivity index (χ4v) is 6.79. The van der Waals surface area contributed by atoms with Crippen molar-refractivity contribution in [1.82, 2.24) is 4.31 Å². The lowest BCUT2D eigenvalue weighted by molar-refractivity contribution is -0.117. The van der Waals surface area contributed by atoms with Crippen molar-refractivity contribution < 1.29 is 26.4 Å². The number of halogens is 3. The Bertz CT molecular complexity index is 1750. The molecule has 1 aliphatic heterocycles. The van der Waals surface area contributed by atoms with Gasteiger partial charge in [0.25, 0.3) is 0 Å². The number of rotatable bonds is 11. The van der Waals surface area contributed by atoms with Crippen LogP contribution in [0.25, 0.3) is 10.4 Å². The number of carbonyl (C=O) groups is 1. The average molecular weight is 606 g/mol. The summed E-state index contributed by atoms with van der Waals surface area (Å²) in [6.07, 6.45) is 0.405. The van der Waals surface area contributed by atoms with Gasteiger partial charge in [0.2, 0.25) is 15.9 Å². The van der Waals surface area contributed by atoms with Crippen LogP contribution >= 0.6 is 0 Å². The summed E-state index contributed by atoms with van der Waals surface area (Å²) in [7, 11) is -3.67. The molecule has 3 unspecified atom stereocenters. The highest BCUT2D eigenvalue weighted by Gasteiger charge is 2.44. The quantitative estimate of drug-likeness (QED) is 0.0904. The molecule has 1 heterocycles. The highest BCUT2D eigenvalue weighted by atomic mass is 32.2. The van der Waals surface area contributed by atoms with E-state index >= 15 is 4.39 Å². The second-order valence-corrected chi connectivity index (χ2v) is 12.0. The third-order valence-electron chi connectivity index (χ3n) is 7.29. The van der Waals surface area contributed by atoms with Crippen LogP contribution in [0.15, 0.2) is 107 Å². The summed E-state index contributed by atoms with van der Waals surface area (Å²) >= 11 is 0. The number of hydrogen-bond acceptors (Lipinski definition) is 4. The predicted molar refractivity (Wildman–Crippen MR) is 155 cm³/mol. The Morgan fingerprint density at radius 1 is 0.930 bits per heavy atom. The van der Waals surface area contributed by atoms with Crippen LogP contribution in [0.4, 0.5) is 18.9 Å². The molecule has 1 N–H and O–H groups in total. The van der Waals surface area contributed by atoms with E-state index in [0.717, 1.165) is 0 Å². The number of hydrogen-bond donors (Lipinski definition) is 1. The minimum absolute atomic E-state index is 0.108. The van der Waals surface area contributed by atoms with Crippen LogP contribution in [-0.4, -0.2) is 37.3 Å². The van der Waals surface area contributed by atoms with Gasteiger partial charge in [0.1, 0.15) is 23.5 Å². The van der Waals surface area contributed by atoms with Crippen LogP contribution in [0.5, 0.6) is 0 Å². The van der Waals surface area contributed by atoms with E-state index in [4.69, 9.17) is 0 Å². The second-order valence-electron chi connectivity index (χ2n) is 10.1. The Hall–Kier alpha value is -4.64. The van der Waals surface area contributed by atoms with Crippen LogP contribution in [0.3, 0.4) is 0 Å². The summed E-state index contributed by atoms with van der Waals surface area (Å²) in [5.74, 6) is -3.70. The molecule has 1 aliphatic rings. The van der Waals surface area contributed by atoms with Crippen LogP contribution in [-0.2, 0) is 21.2 Å². The third-order valence-corrected chi connectivity index (χ3v) is 9.23. The molecule has 0 aromatic heterocycles. The second kappa shape index (κ2) is 12.7. The van der Waals surface area contributed by atoms with Gasteiger partial charge in [0.05, 0.1) is 4.90 Å². The first-order valence-corrected chi connectivity index (χ1v) is 14.8. The summed E-state index contributed by atoms with van der Waals surface area (Å²) in [5, 5.41) is 6.33. The predicted octanol–water partition coefficient (Wildman–Crippen LogP) is 6.56. The Morgan fingerprint density at radius 2 is 1.56 bits per heavy atom. The van der Waals surface area contributed by atoms with Gasteiger partial charge in [-0.3, -0.25) is 4.79 Å². The third kappa shape index (κ3) is 6.72. The van der Waals surface area contributed by atoms with Crippen molar-refractivity contribution >= 4 is 21.6 Å². The minimum Gasteiger partial charge on any atom is -0.325 e. The Labute approximate surface area is 246 Å². The summed E-state index contributed by atoms with van der Waals surface area (Å²) in [4.78, 5) is 16.6. The SMILES string of the molecule is [N-]=[N+]=NC(C(=O)Nc1cccc(F)c1CCC1CN1S(=O)(=O)c1ccccc1)C(c1cccc(F)c1)c1cccc(F)c1. The van der Waals surface area contributed by atoms with E-state index in [1.54, 1.807) is 18.2 Å². The molecule has 220 valence electrons. The highest BCUT2D eigenvalue weighted by molar-refractivity contribution is 7.89. The van der Waals surface area contributed by atoms with E-state index in [-0.39, 0.29) is 46.3 Å². The number of amides is 1. The van der Waals surface area contributed by atoms with E-state index in [1.165, 1.54) is 83.2 Å². The highest BCUT2D eigenvalue weighted by Crippen LogP contribution is 2.34. The van der Waals surface area contributed by atoms with Crippen LogP contribution < -0.4 is 5.32 Å². The van der Waals surface area contributed by atoms with Crippen molar-refractivity contribution in [3.8, 4) is 0 Å². The van der Waals surface area contributed by atoms with Crippen molar-refractivity contribution in [1.29, 1.82) is 0 Å². The molecule has 1 fully saturated rings. The standard InChI is InChI=1S/C31H26F3N5O3S/c32-22-9-4-7-20(17-22)29(21-8-5-10-23(33)18-21)30(37-38-35)31(40)36-28-14-6-13-27(34)26(28)16-15-24-19-39(24)43(41,42)25-11-2-1-3-12-25/h1-14,17-18,24,29-30H,15-16,19H2,(H,36,40). The van der Waals surface area contributed by atoms with E-state index in [2.05, 4.69) is 15.3 Å². The first-order valence-electron chi connectivity index (χ1n) is 13.4. The molecule has 0 radical (unpaired) electrons. The van der Waals surface area contributed by atoms with Crippen LogP contribution in [0.1, 0.15) is 29.0 Å². The zero-order valence-corrected chi connectivity index (χ0v) is 23.5. The van der Waals surface area contributed by atoms with Gasteiger partial charge in [-0.15, -0.1) is 0 Å². The number of nitrogens with one attached hydrogen (secondary N) is 1. The monoisotopic (exact) mass is 605 g/mol. The van der Waals surface area contributed by atoms with Gasteiger partial charge in [-0.1, -0.05) is 53.6 Å². The van der Waals surface area contributed by atoms with Gasteiger partial charge in [0, 0.05) is 34.7 Å². The Morgan fingerprint density at radius 3 is 2.16 bits per heavy atom. The fourth-order valence-electron chi connectivity index (χ4n) is 5.15. The maximum atomic E-state index is 15.0. The number of carbonyl (C=O) groups excluding carboxylic acids is 1. The smallest absolute Gasteiger partial charge is 0.243 e. The van der Waals surface area contributed by atoms with Crippen LogP contribution in [0, 0.1) is 17.5 Å². The summed E-state index contributed by atoms with van der Waals surface area (Å²) in [6, 6.07) is 20.9. The first kappa shape index (κ1) is 29.8. The fraction of sp³-hybridized carbons (Fsp3) is 0.194. The van der Waals surface area contributed by atoms with Crippen molar-refractivity contribution in [3.05, 3.63) is 142 Å². The number of sulfonamides is 1. The molecule has 5 rings (SSSR count). The van der Waals surface area contributed by atoms with Crippen molar-refractivity contribution in [2.24, 2.45) is 5.11 Å². The lowest BCUT2D eigenvalue weighted by atomic mass is 9.84. The van der Waals surface area contributed by atoms with Crippen LogP contribution in [0.2, 0.25) is 0 Å². The minimum atomic E-state index is -3.67. The van der Waals surface area contributed by atoms with Gasteiger partial charge in [-0.05, 0) is 78.0 Å². The molecule has 4 aromatic rings. The maximum Gasteiger partial charge on any atom is 0.243 e. The van der Waals surface area contributed by atoms with E-state index in [9.17, 15) is 27.5 Å². The Kier molecular flexibility index (Phi) is 8.81. The molecule has 0 bridgehead atoms. The van der Waals surface area contributed by atoms with Gasteiger partial charge in [-0.2, -0.15) is 4.31 Å². The largest absolute Gasteiger partial charge is 0.325 e.